The smallest absolute Gasteiger partial charge is 0.244 e. The normalized spacial score (nSPS) is 15.8. The summed E-state index contributed by atoms with van der Waals surface area (Å²) in [5.41, 5.74) is 5.06. The molecule has 1 aromatic carbocycles. The van der Waals surface area contributed by atoms with Crippen LogP contribution in [-0.4, -0.2) is 11.9 Å². The van der Waals surface area contributed by atoms with Crippen molar-refractivity contribution in [2.45, 2.75) is 39.2 Å². The van der Waals surface area contributed by atoms with Gasteiger partial charge in [-0.25, -0.2) is 0 Å². The zero-order valence-electron chi connectivity index (χ0n) is 12.9. The maximum absolute atomic E-state index is 11.9. The molecule has 1 amide bonds. The lowest BCUT2D eigenvalue weighted by atomic mass is 10.1. The molecule has 1 atom stereocenters. The maximum atomic E-state index is 11.9. The fourth-order valence-corrected chi connectivity index (χ4v) is 2.57. The van der Waals surface area contributed by atoms with Gasteiger partial charge in [0.1, 0.15) is 0 Å². The number of amides is 1. The second-order valence-corrected chi connectivity index (χ2v) is 5.59. The number of aryl methyl sites for hydroxylation is 2. The van der Waals surface area contributed by atoms with Crippen LogP contribution in [0.5, 0.6) is 0 Å². The number of fused-ring (bicyclic) bond motifs is 1. The van der Waals surface area contributed by atoms with Gasteiger partial charge >= 0.3 is 0 Å². The topological polar surface area (TPSA) is 29.1 Å². The van der Waals surface area contributed by atoms with Crippen LogP contribution < -0.4 is 5.32 Å². The van der Waals surface area contributed by atoms with Crippen molar-refractivity contribution in [3.8, 4) is 0 Å². The minimum Gasteiger partial charge on any atom is -0.346 e. The van der Waals surface area contributed by atoms with Crippen molar-refractivity contribution in [2.75, 3.05) is 0 Å². The second-order valence-electron chi connectivity index (χ2n) is 5.59. The van der Waals surface area contributed by atoms with Gasteiger partial charge in [0, 0.05) is 12.1 Å². The molecule has 2 rings (SSSR count). The van der Waals surface area contributed by atoms with Gasteiger partial charge in [0.15, 0.2) is 0 Å². The van der Waals surface area contributed by atoms with E-state index in [1.807, 2.05) is 26.0 Å². The Balaban J connectivity index is 1.96. The molecule has 1 N–H and O–H groups in total. The largest absolute Gasteiger partial charge is 0.346 e. The van der Waals surface area contributed by atoms with Crippen molar-refractivity contribution >= 4 is 12.0 Å². The molecule has 110 valence electrons. The third-order valence-corrected chi connectivity index (χ3v) is 3.97. The molecule has 0 spiro atoms. The highest BCUT2D eigenvalue weighted by Gasteiger charge is 2.10. The van der Waals surface area contributed by atoms with E-state index in [-0.39, 0.29) is 11.9 Å². The molecule has 0 aromatic heterocycles. The lowest BCUT2D eigenvalue weighted by Crippen LogP contribution is -2.31. The first-order valence-corrected chi connectivity index (χ1v) is 7.49. The molecule has 0 saturated carbocycles. The van der Waals surface area contributed by atoms with Crippen molar-refractivity contribution in [1.82, 2.24) is 5.32 Å². The van der Waals surface area contributed by atoms with E-state index in [0.717, 1.165) is 17.6 Å². The number of nitrogens with one attached hydrogen (secondary N) is 1. The number of hydrogen-bond acceptors (Lipinski definition) is 1. The summed E-state index contributed by atoms with van der Waals surface area (Å²) in [4.78, 5) is 11.9. The molecule has 2 heteroatoms. The summed E-state index contributed by atoms with van der Waals surface area (Å²) in [6.07, 6.45) is 10.7. The third kappa shape index (κ3) is 4.19. The van der Waals surface area contributed by atoms with Crippen LogP contribution >= 0.6 is 0 Å². The number of hydrogen-bond donors (Lipinski definition) is 1. The summed E-state index contributed by atoms with van der Waals surface area (Å²) < 4.78 is 0. The molecule has 2 nitrogen and oxygen atoms in total. The molecule has 0 saturated heterocycles. The van der Waals surface area contributed by atoms with Crippen molar-refractivity contribution in [1.29, 1.82) is 0 Å². The predicted molar refractivity (Wildman–Crippen MR) is 89.1 cm³/mol. The average Bonchev–Trinajstić information content (AvgIpc) is 2.92. The average molecular weight is 281 g/mol. The number of rotatable bonds is 5. The third-order valence-electron chi connectivity index (χ3n) is 3.97. The Kier molecular flexibility index (Phi) is 5.15. The molecular weight excluding hydrogens is 258 g/mol. The maximum Gasteiger partial charge on any atom is 0.244 e. The Hall–Kier alpha value is -2.09. The first-order chi connectivity index (χ1) is 10.1. The van der Waals surface area contributed by atoms with Crippen LogP contribution in [0.15, 0.2) is 48.6 Å². The van der Waals surface area contributed by atoms with Crippen LogP contribution in [0.4, 0.5) is 0 Å². The Morgan fingerprint density at radius 2 is 2.10 bits per heavy atom. The summed E-state index contributed by atoms with van der Waals surface area (Å²) >= 11 is 0. The van der Waals surface area contributed by atoms with Gasteiger partial charge in [-0.2, -0.15) is 0 Å². The predicted octanol–water partition coefficient (Wildman–Crippen LogP) is 3.83. The van der Waals surface area contributed by atoms with Gasteiger partial charge < -0.3 is 5.32 Å². The van der Waals surface area contributed by atoms with Crippen LogP contribution in [0, 0.1) is 0 Å². The number of allylic oxidation sites excluding steroid dienone is 2. The molecule has 1 aliphatic carbocycles. The lowest BCUT2D eigenvalue weighted by molar-refractivity contribution is -0.116. The van der Waals surface area contributed by atoms with Crippen molar-refractivity contribution in [2.24, 2.45) is 0 Å². The van der Waals surface area contributed by atoms with Crippen LogP contribution in [0.25, 0.3) is 6.08 Å². The van der Waals surface area contributed by atoms with Gasteiger partial charge in [0.2, 0.25) is 5.91 Å². The van der Waals surface area contributed by atoms with Crippen LogP contribution in [0.1, 0.15) is 37.0 Å². The van der Waals surface area contributed by atoms with Gasteiger partial charge in [0.25, 0.3) is 0 Å². The van der Waals surface area contributed by atoms with Crippen LogP contribution in [-0.2, 0) is 17.6 Å². The Morgan fingerprint density at radius 3 is 2.86 bits per heavy atom. The molecule has 0 heterocycles. The van der Waals surface area contributed by atoms with Crippen molar-refractivity contribution < 1.29 is 4.79 Å². The highest BCUT2D eigenvalue weighted by atomic mass is 16.1. The fourth-order valence-electron chi connectivity index (χ4n) is 2.57. The van der Waals surface area contributed by atoms with E-state index in [2.05, 4.69) is 30.1 Å². The molecule has 0 bridgehead atoms. The van der Waals surface area contributed by atoms with E-state index in [4.69, 9.17) is 0 Å². The minimum absolute atomic E-state index is 0.0140. The van der Waals surface area contributed by atoms with Gasteiger partial charge in [-0.1, -0.05) is 42.5 Å². The van der Waals surface area contributed by atoms with Crippen LogP contribution in [0.3, 0.4) is 0 Å². The first-order valence-electron chi connectivity index (χ1n) is 7.49. The SMILES string of the molecule is C=C/C=C(\C)C(C)NC(=O)/C=C/c1ccc2c(c1)CCC2. The van der Waals surface area contributed by atoms with Crippen molar-refractivity contribution in [3.63, 3.8) is 0 Å². The summed E-state index contributed by atoms with van der Waals surface area (Å²) in [5, 5.41) is 2.95. The van der Waals surface area contributed by atoms with E-state index < -0.39 is 0 Å². The minimum atomic E-state index is -0.0696. The number of benzene rings is 1. The monoisotopic (exact) mass is 281 g/mol. The summed E-state index contributed by atoms with van der Waals surface area (Å²) in [5.74, 6) is -0.0696. The van der Waals surface area contributed by atoms with Crippen LogP contribution in [0.2, 0.25) is 0 Å². The fraction of sp³-hybridized carbons (Fsp3) is 0.316. The van der Waals surface area contributed by atoms with Gasteiger partial charge in [-0.15, -0.1) is 0 Å². The highest BCUT2D eigenvalue weighted by Crippen LogP contribution is 2.23. The van der Waals surface area contributed by atoms with Gasteiger partial charge in [-0.3, -0.25) is 4.79 Å². The number of carbonyl (C=O) groups is 1. The Morgan fingerprint density at radius 1 is 1.33 bits per heavy atom. The van der Waals surface area contributed by atoms with Gasteiger partial charge in [0.05, 0.1) is 0 Å². The molecule has 1 unspecified atom stereocenters. The second kappa shape index (κ2) is 7.07. The van der Waals surface area contributed by atoms with E-state index >= 15 is 0 Å². The molecule has 0 fully saturated rings. The standard InChI is InChI=1S/C19H23NO/c1-4-6-14(2)15(3)20-19(21)12-10-16-9-11-17-7-5-8-18(17)13-16/h4,6,9-13,15H,1,5,7-8H2,2-3H3,(H,20,21)/b12-10+,14-6+. The zero-order valence-corrected chi connectivity index (χ0v) is 12.9. The highest BCUT2D eigenvalue weighted by molar-refractivity contribution is 5.92. The number of carbonyl (C=O) groups excluding carboxylic acids is 1. The van der Waals surface area contributed by atoms with Crippen molar-refractivity contribution in [3.05, 3.63) is 65.3 Å². The van der Waals surface area contributed by atoms with E-state index in [0.29, 0.717) is 0 Å². The quantitative estimate of drug-likeness (QED) is 0.645. The molecule has 1 aromatic rings. The Labute approximate surface area is 127 Å². The zero-order chi connectivity index (χ0) is 15.2. The molecule has 0 aliphatic heterocycles. The van der Waals surface area contributed by atoms with E-state index in [1.54, 1.807) is 12.2 Å². The summed E-state index contributed by atoms with van der Waals surface area (Å²) in [7, 11) is 0. The summed E-state index contributed by atoms with van der Waals surface area (Å²) in [6.45, 7) is 7.62. The first kappa shape index (κ1) is 15.3. The van der Waals surface area contributed by atoms with E-state index in [1.165, 1.54) is 24.0 Å². The molecule has 0 radical (unpaired) electrons. The molecule has 1 aliphatic rings. The molecular formula is C19H23NO. The summed E-state index contributed by atoms with van der Waals surface area (Å²) in [6, 6.07) is 6.47. The Bertz CT molecular complexity index is 596. The van der Waals surface area contributed by atoms with Gasteiger partial charge in [-0.05, 0) is 55.9 Å². The molecule has 21 heavy (non-hydrogen) atoms. The lowest BCUT2D eigenvalue weighted by Gasteiger charge is -2.12. The van der Waals surface area contributed by atoms with E-state index in [9.17, 15) is 4.79 Å².